The van der Waals surface area contributed by atoms with Crippen molar-refractivity contribution in [1.82, 2.24) is 20.0 Å². The molecule has 0 bridgehead atoms. The lowest BCUT2D eigenvalue weighted by Crippen LogP contribution is -2.34. The lowest BCUT2D eigenvalue weighted by atomic mass is 9.94. The zero-order valence-electron chi connectivity index (χ0n) is 14.5. The van der Waals surface area contributed by atoms with Crippen molar-refractivity contribution < 1.29 is 9.59 Å². The van der Waals surface area contributed by atoms with Gasteiger partial charge in [-0.25, -0.2) is 4.79 Å². The highest BCUT2D eigenvalue weighted by atomic mass is 16.2. The Morgan fingerprint density at radius 1 is 1.28 bits per heavy atom. The summed E-state index contributed by atoms with van der Waals surface area (Å²) in [7, 11) is 3.45. The minimum absolute atomic E-state index is 0.00817. The predicted molar refractivity (Wildman–Crippen MR) is 95.2 cm³/mol. The highest BCUT2D eigenvalue weighted by Gasteiger charge is 2.25. The van der Waals surface area contributed by atoms with Crippen LogP contribution in [0.25, 0.3) is 0 Å². The third kappa shape index (κ3) is 4.17. The number of nitrogens with zero attached hydrogens (tertiary/aromatic N) is 3. The standard InChI is InChI=1S/C18H23N5O2/c1-22(2)16(24)12-23-11-13-7-6-10-15(17(13)21-23)20-18(25)19-14-8-4-3-5-9-14/h3-5,8-9,11,15H,6-7,10,12H2,1-2H3,(H2,19,20,25)/t15-/m1/s1. The summed E-state index contributed by atoms with van der Waals surface area (Å²) in [5.41, 5.74) is 2.71. The number of aryl methyl sites for hydroxylation is 1. The molecule has 1 aliphatic carbocycles. The summed E-state index contributed by atoms with van der Waals surface area (Å²) in [6, 6.07) is 8.94. The van der Waals surface area contributed by atoms with Gasteiger partial charge < -0.3 is 15.5 Å². The number of amides is 3. The first-order valence-corrected chi connectivity index (χ1v) is 8.42. The van der Waals surface area contributed by atoms with Crippen molar-refractivity contribution in [1.29, 1.82) is 0 Å². The van der Waals surface area contributed by atoms with Gasteiger partial charge in [-0.1, -0.05) is 18.2 Å². The van der Waals surface area contributed by atoms with Gasteiger partial charge in [0.25, 0.3) is 0 Å². The molecule has 1 aliphatic rings. The van der Waals surface area contributed by atoms with Crippen LogP contribution < -0.4 is 10.6 Å². The second-order valence-corrected chi connectivity index (χ2v) is 6.43. The molecule has 3 amide bonds. The molecule has 0 saturated heterocycles. The van der Waals surface area contributed by atoms with Gasteiger partial charge in [-0.05, 0) is 37.0 Å². The average molecular weight is 341 g/mol. The van der Waals surface area contributed by atoms with Gasteiger partial charge in [-0.2, -0.15) is 5.10 Å². The van der Waals surface area contributed by atoms with Crippen LogP contribution in [0.2, 0.25) is 0 Å². The van der Waals surface area contributed by atoms with Crippen LogP contribution in [0.5, 0.6) is 0 Å². The van der Waals surface area contributed by atoms with E-state index >= 15 is 0 Å². The van der Waals surface area contributed by atoms with E-state index in [2.05, 4.69) is 15.7 Å². The number of urea groups is 1. The molecule has 0 aliphatic heterocycles. The summed E-state index contributed by atoms with van der Waals surface area (Å²) in [5.74, 6) is -0.00817. The van der Waals surface area contributed by atoms with Gasteiger partial charge in [0, 0.05) is 26.0 Å². The van der Waals surface area contributed by atoms with E-state index in [9.17, 15) is 9.59 Å². The fraction of sp³-hybridized carbons (Fsp3) is 0.389. The first-order valence-electron chi connectivity index (χ1n) is 8.42. The number of nitrogens with one attached hydrogen (secondary N) is 2. The van der Waals surface area contributed by atoms with Gasteiger partial charge in [0.15, 0.2) is 0 Å². The van der Waals surface area contributed by atoms with Crippen molar-refractivity contribution in [3.05, 3.63) is 47.8 Å². The van der Waals surface area contributed by atoms with Crippen molar-refractivity contribution in [3.63, 3.8) is 0 Å². The Kier molecular flexibility index (Phi) is 5.02. The summed E-state index contributed by atoms with van der Waals surface area (Å²) in [5, 5.41) is 10.4. The maximum absolute atomic E-state index is 12.2. The molecule has 7 heteroatoms. The van der Waals surface area contributed by atoms with Gasteiger partial charge in [-0.15, -0.1) is 0 Å². The molecule has 1 aromatic carbocycles. The van der Waals surface area contributed by atoms with Crippen LogP contribution in [0.3, 0.4) is 0 Å². The monoisotopic (exact) mass is 341 g/mol. The van der Waals surface area contributed by atoms with Crippen LogP contribution >= 0.6 is 0 Å². The summed E-state index contributed by atoms with van der Waals surface area (Å²) in [6.07, 6.45) is 4.66. The largest absolute Gasteiger partial charge is 0.347 e. The van der Waals surface area contributed by atoms with Gasteiger partial charge in [0.2, 0.25) is 5.91 Å². The SMILES string of the molecule is CN(C)C(=O)Cn1cc2c(n1)[C@H](NC(=O)Nc1ccccc1)CCC2. The average Bonchev–Trinajstić information content (AvgIpc) is 2.99. The molecular weight excluding hydrogens is 318 g/mol. The minimum atomic E-state index is -0.247. The van der Waals surface area contributed by atoms with Crippen molar-refractivity contribution in [2.75, 3.05) is 19.4 Å². The van der Waals surface area contributed by atoms with Crippen LogP contribution in [-0.2, 0) is 17.8 Å². The Bertz CT molecular complexity index is 754. The number of para-hydroxylation sites is 1. The van der Waals surface area contributed by atoms with E-state index in [0.717, 1.165) is 36.2 Å². The van der Waals surface area contributed by atoms with Crippen LogP contribution in [0.4, 0.5) is 10.5 Å². The Morgan fingerprint density at radius 2 is 2.04 bits per heavy atom. The zero-order valence-corrected chi connectivity index (χ0v) is 14.5. The maximum Gasteiger partial charge on any atom is 0.319 e. The molecule has 3 rings (SSSR count). The van der Waals surface area contributed by atoms with E-state index in [1.165, 1.54) is 0 Å². The fourth-order valence-electron chi connectivity index (χ4n) is 2.95. The van der Waals surface area contributed by atoms with E-state index in [1.807, 2.05) is 36.5 Å². The molecule has 7 nitrogen and oxygen atoms in total. The Balaban J connectivity index is 1.67. The molecule has 1 aromatic heterocycles. The number of carbonyl (C=O) groups excluding carboxylic acids is 2. The molecule has 0 fully saturated rings. The van der Waals surface area contributed by atoms with Crippen LogP contribution in [0.1, 0.15) is 30.1 Å². The number of likely N-dealkylation sites (N-methyl/N-ethyl adjacent to an activating group) is 1. The van der Waals surface area contributed by atoms with E-state index in [4.69, 9.17) is 0 Å². The van der Waals surface area contributed by atoms with E-state index in [-0.39, 0.29) is 24.5 Å². The lowest BCUT2D eigenvalue weighted by Gasteiger charge is -2.22. The maximum atomic E-state index is 12.2. The first kappa shape index (κ1) is 17.0. The molecule has 0 saturated carbocycles. The van der Waals surface area contributed by atoms with Crippen molar-refractivity contribution in [2.45, 2.75) is 31.8 Å². The van der Waals surface area contributed by atoms with Crippen LogP contribution in [0, 0.1) is 0 Å². The third-order valence-corrected chi connectivity index (χ3v) is 4.27. The van der Waals surface area contributed by atoms with Crippen LogP contribution in [-0.4, -0.2) is 40.7 Å². The number of aromatic nitrogens is 2. The fourth-order valence-corrected chi connectivity index (χ4v) is 2.95. The minimum Gasteiger partial charge on any atom is -0.347 e. The molecular formula is C18H23N5O2. The highest BCUT2D eigenvalue weighted by Crippen LogP contribution is 2.28. The molecule has 0 unspecified atom stereocenters. The smallest absolute Gasteiger partial charge is 0.319 e. The molecule has 132 valence electrons. The molecule has 0 spiro atoms. The quantitative estimate of drug-likeness (QED) is 0.894. The van der Waals surface area contributed by atoms with Crippen molar-refractivity contribution in [2.24, 2.45) is 0 Å². The summed E-state index contributed by atoms with van der Waals surface area (Å²) < 4.78 is 1.67. The van der Waals surface area contributed by atoms with Gasteiger partial charge in [0.05, 0.1) is 11.7 Å². The normalized spacial score (nSPS) is 16.0. The molecule has 25 heavy (non-hydrogen) atoms. The number of rotatable bonds is 4. The topological polar surface area (TPSA) is 79.3 Å². The predicted octanol–water partition coefficient (Wildman–Crippen LogP) is 2.17. The Hall–Kier alpha value is -2.83. The van der Waals surface area contributed by atoms with Gasteiger partial charge in [-0.3, -0.25) is 9.48 Å². The second kappa shape index (κ2) is 7.38. The molecule has 1 atom stereocenters. The number of hydrogen-bond acceptors (Lipinski definition) is 3. The number of anilines is 1. The lowest BCUT2D eigenvalue weighted by molar-refractivity contribution is -0.129. The summed E-state index contributed by atoms with van der Waals surface area (Å²) in [4.78, 5) is 25.7. The zero-order chi connectivity index (χ0) is 17.8. The summed E-state index contributed by atoms with van der Waals surface area (Å²) in [6.45, 7) is 0.211. The third-order valence-electron chi connectivity index (χ3n) is 4.27. The summed E-state index contributed by atoms with van der Waals surface area (Å²) >= 11 is 0. The molecule has 2 aromatic rings. The Labute approximate surface area is 147 Å². The Morgan fingerprint density at radius 3 is 2.76 bits per heavy atom. The number of benzene rings is 1. The van der Waals surface area contributed by atoms with Crippen LogP contribution in [0.15, 0.2) is 36.5 Å². The second-order valence-electron chi connectivity index (χ2n) is 6.43. The molecule has 1 heterocycles. The van der Waals surface area contributed by atoms with Gasteiger partial charge in [0.1, 0.15) is 6.54 Å². The number of carbonyl (C=O) groups is 2. The van der Waals surface area contributed by atoms with Crippen molar-refractivity contribution >= 4 is 17.6 Å². The number of hydrogen-bond donors (Lipinski definition) is 2. The first-order chi connectivity index (χ1) is 12.0. The van der Waals surface area contributed by atoms with Crippen molar-refractivity contribution in [3.8, 4) is 0 Å². The molecule has 0 radical (unpaired) electrons. The van der Waals surface area contributed by atoms with E-state index in [1.54, 1.807) is 23.7 Å². The van der Waals surface area contributed by atoms with E-state index < -0.39 is 0 Å². The van der Waals surface area contributed by atoms with Gasteiger partial charge >= 0.3 is 6.03 Å². The highest BCUT2D eigenvalue weighted by molar-refractivity contribution is 5.89. The number of fused-ring (bicyclic) bond motifs is 1. The molecule has 2 N–H and O–H groups in total. The van der Waals surface area contributed by atoms with E-state index in [0.29, 0.717) is 0 Å².